The predicted octanol–water partition coefficient (Wildman–Crippen LogP) is 2.16. The molecule has 8 heteroatoms. The first kappa shape index (κ1) is 21.2. The fourth-order valence-corrected chi connectivity index (χ4v) is 3.85. The molecule has 2 N–H and O–H groups in total. The molecular weight excluding hydrogens is 439 g/mol. The van der Waals surface area contributed by atoms with Crippen LogP contribution in [0.15, 0.2) is 34.2 Å². The summed E-state index contributed by atoms with van der Waals surface area (Å²) in [6, 6.07) is 7.51. The van der Waals surface area contributed by atoms with Crippen molar-refractivity contribution < 1.29 is 8.42 Å². The van der Waals surface area contributed by atoms with Crippen molar-refractivity contribution in [1.29, 1.82) is 0 Å². The summed E-state index contributed by atoms with van der Waals surface area (Å²) in [6.07, 6.45) is 4.82. The molecule has 0 spiro atoms. The van der Waals surface area contributed by atoms with E-state index in [1.165, 1.54) is 17.1 Å². The standard InChI is InChI=1S/C16H26N4O2S.HI/c1-17-16(19-14-9-5-6-10-14)18-12-13-8-4-7-11-15(13)23(21,22)20(2)3;/h4,7-8,11,14H,5-6,9-10,12H2,1-3H3,(H2,17,18,19);1H. The van der Waals surface area contributed by atoms with Crippen LogP contribution in [-0.2, 0) is 16.6 Å². The Hall–Kier alpha value is -0.870. The van der Waals surface area contributed by atoms with Gasteiger partial charge in [0.05, 0.1) is 4.90 Å². The summed E-state index contributed by atoms with van der Waals surface area (Å²) in [6.45, 7) is 0.412. The molecule has 1 aliphatic rings. The second-order valence-corrected chi connectivity index (χ2v) is 8.07. The molecule has 0 atom stereocenters. The number of hydrogen-bond acceptors (Lipinski definition) is 3. The third-order valence-corrected chi connectivity index (χ3v) is 6.01. The molecule has 1 fully saturated rings. The number of benzene rings is 1. The van der Waals surface area contributed by atoms with Gasteiger partial charge in [0.15, 0.2) is 5.96 Å². The highest BCUT2D eigenvalue weighted by Gasteiger charge is 2.21. The van der Waals surface area contributed by atoms with Crippen LogP contribution in [0.25, 0.3) is 0 Å². The minimum Gasteiger partial charge on any atom is -0.354 e. The Balaban J connectivity index is 0.00000288. The smallest absolute Gasteiger partial charge is 0.242 e. The Morgan fingerprint density at radius 2 is 1.88 bits per heavy atom. The lowest BCUT2D eigenvalue weighted by molar-refractivity contribution is 0.519. The molecule has 0 aliphatic heterocycles. The third-order valence-electron chi connectivity index (χ3n) is 4.10. The monoisotopic (exact) mass is 466 g/mol. The fraction of sp³-hybridized carbons (Fsp3) is 0.562. The molecule has 0 bridgehead atoms. The number of aliphatic imine (C=N–C) groups is 1. The summed E-state index contributed by atoms with van der Waals surface area (Å²) >= 11 is 0. The molecule has 1 aliphatic carbocycles. The van der Waals surface area contributed by atoms with Gasteiger partial charge in [-0.25, -0.2) is 12.7 Å². The summed E-state index contributed by atoms with van der Waals surface area (Å²) in [5.74, 6) is 0.717. The van der Waals surface area contributed by atoms with Crippen molar-refractivity contribution >= 4 is 40.0 Å². The van der Waals surface area contributed by atoms with Gasteiger partial charge in [-0.1, -0.05) is 31.0 Å². The van der Waals surface area contributed by atoms with Gasteiger partial charge in [-0.2, -0.15) is 0 Å². The Morgan fingerprint density at radius 3 is 2.46 bits per heavy atom. The van der Waals surface area contributed by atoms with Gasteiger partial charge in [0.2, 0.25) is 10.0 Å². The van der Waals surface area contributed by atoms with Gasteiger partial charge < -0.3 is 10.6 Å². The van der Waals surface area contributed by atoms with Gasteiger partial charge in [0.1, 0.15) is 0 Å². The van der Waals surface area contributed by atoms with Crippen LogP contribution in [0.3, 0.4) is 0 Å². The summed E-state index contributed by atoms with van der Waals surface area (Å²) in [7, 11) is 1.36. The van der Waals surface area contributed by atoms with E-state index in [1.54, 1.807) is 33.3 Å². The average Bonchev–Trinajstić information content (AvgIpc) is 3.04. The highest BCUT2D eigenvalue weighted by Crippen LogP contribution is 2.19. The molecule has 1 aromatic rings. The summed E-state index contributed by atoms with van der Waals surface area (Å²) in [5.41, 5.74) is 0.732. The molecule has 2 rings (SSSR count). The van der Waals surface area contributed by atoms with Gasteiger partial charge in [0.25, 0.3) is 0 Å². The highest BCUT2D eigenvalue weighted by atomic mass is 127. The van der Waals surface area contributed by atoms with Crippen LogP contribution in [0.2, 0.25) is 0 Å². The molecule has 6 nitrogen and oxygen atoms in total. The van der Waals surface area contributed by atoms with Crippen LogP contribution in [-0.4, -0.2) is 45.9 Å². The van der Waals surface area contributed by atoms with Gasteiger partial charge >= 0.3 is 0 Å². The third kappa shape index (κ3) is 5.32. The number of rotatable bonds is 5. The first-order chi connectivity index (χ1) is 10.9. The maximum absolute atomic E-state index is 12.4. The first-order valence-electron chi connectivity index (χ1n) is 7.92. The van der Waals surface area contributed by atoms with Crippen LogP contribution >= 0.6 is 24.0 Å². The molecule has 0 saturated heterocycles. The van der Waals surface area contributed by atoms with Crippen LogP contribution in [0.5, 0.6) is 0 Å². The van der Waals surface area contributed by atoms with Gasteiger partial charge in [0, 0.05) is 33.7 Å². The number of nitrogens with zero attached hydrogens (tertiary/aromatic N) is 2. The highest BCUT2D eigenvalue weighted by molar-refractivity contribution is 14.0. The number of sulfonamides is 1. The van der Waals surface area contributed by atoms with Crippen molar-refractivity contribution in [3.8, 4) is 0 Å². The Kier molecular flexibility index (Phi) is 8.44. The van der Waals surface area contributed by atoms with Crippen molar-refractivity contribution in [2.75, 3.05) is 21.1 Å². The normalized spacial score (nSPS) is 16.1. The summed E-state index contributed by atoms with van der Waals surface area (Å²) in [4.78, 5) is 4.56. The van der Waals surface area contributed by atoms with Crippen molar-refractivity contribution in [3.63, 3.8) is 0 Å². The molecule has 136 valence electrons. The Morgan fingerprint density at radius 1 is 1.25 bits per heavy atom. The molecule has 0 unspecified atom stereocenters. The van der Waals surface area contributed by atoms with Gasteiger partial charge in [-0.3, -0.25) is 4.99 Å². The summed E-state index contributed by atoms with van der Waals surface area (Å²) in [5, 5.41) is 6.62. The predicted molar refractivity (Wildman–Crippen MR) is 108 cm³/mol. The second-order valence-electron chi connectivity index (χ2n) is 5.95. The lowest BCUT2D eigenvalue weighted by Crippen LogP contribution is -2.42. The largest absolute Gasteiger partial charge is 0.354 e. The fourth-order valence-electron chi connectivity index (χ4n) is 2.74. The molecule has 0 aromatic heterocycles. The average molecular weight is 466 g/mol. The number of halogens is 1. The molecule has 0 radical (unpaired) electrons. The van der Waals surface area contributed by atoms with Crippen LogP contribution in [0.1, 0.15) is 31.2 Å². The number of hydrogen-bond donors (Lipinski definition) is 2. The lowest BCUT2D eigenvalue weighted by atomic mass is 10.2. The maximum Gasteiger partial charge on any atom is 0.242 e. The van der Waals surface area contributed by atoms with Crippen molar-refractivity contribution in [3.05, 3.63) is 29.8 Å². The Labute approximate surface area is 162 Å². The minimum absolute atomic E-state index is 0. The van der Waals surface area contributed by atoms with E-state index in [0.29, 0.717) is 23.4 Å². The van der Waals surface area contributed by atoms with E-state index < -0.39 is 10.0 Å². The van der Waals surface area contributed by atoms with Crippen LogP contribution < -0.4 is 10.6 Å². The number of nitrogens with one attached hydrogen (secondary N) is 2. The van der Waals surface area contributed by atoms with E-state index >= 15 is 0 Å². The van der Waals surface area contributed by atoms with E-state index in [1.807, 2.05) is 12.1 Å². The van der Waals surface area contributed by atoms with Crippen LogP contribution in [0.4, 0.5) is 0 Å². The maximum atomic E-state index is 12.4. The van der Waals surface area contributed by atoms with E-state index in [4.69, 9.17) is 0 Å². The molecule has 0 heterocycles. The molecule has 0 amide bonds. The van der Waals surface area contributed by atoms with Crippen molar-refractivity contribution in [1.82, 2.24) is 14.9 Å². The zero-order chi connectivity index (χ0) is 16.9. The van der Waals surface area contributed by atoms with E-state index in [9.17, 15) is 8.42 Å². The number of guanidine groups is 1. The first-order valence-corrected chi connectivity index (χ1v) is 9.36. The molecule has 24 heavy (non-hydrogen) atoms. The van der Waals surface area contributed by atoms with Gasteiger partial charge in [-0.05, 0) is 24.5 Å². The zero-order valence-corrected chi connectivity index (χ0v) is 17.6. The second kappa shape index (κ2) is 9.57. The topological polar surface area (TPSA) is 73.8 Å². The molecule has 1 aromatic carbocycles. The quantitative estimate of drug-likeness (QED) is 0.397. The lowest BCUT2D eigenvalue weighted by Gasteiger charge is -2.19. The zero-order valence-electron chi connectivity index (χ0n) is 14.4. The van der Waals surface area contributed by atoms with E-state index in [0.717, 1.165) is 18.4 Å². The molecule has 1 saturated carbocycles. The molecular formula is C16H27IN4O2S. The van der Waals surface area contributed by atoms with Crippen molar-refractivity contribution in [2.24, 2.45) is 4.99 Å². The van der Waals surface area contributed by atoms with Gasteiger partial charge in [-0.15, -0.1) is 24.0 Å². The summed E-state index contributed by atoms with van der Waals surface area (Å²) < 4.78 is 26.0. The van der Waals surface area contributed by atoms with Crippen molar-refractivity contribution in [2.45, 2.75) is 43.2 Å². The van der Waals surface area contributed by atoms with Crippen LogP contribution in [0, 0.1) is 0 Å². The minimum atomic E-state index is -3.45. The van der Waals surface area contributed by atoms with E-state index in [2.05, 4.69) is 15.6 Å². The SMILES string of the molecule is CN=C(NCc1ccccc1S(=O)(=O)N(C)C)NC1CCCC1.I. The Bertz CT molecular complexity index is 656. The van der Waals surface area contributed by atoms with E-state index in [-0.39, 0.29) is 24.0 Å².